The third-order valence-electron chi connectivity index (χ3n) is 6.74. The van der Waals surface area contributed by atoms with Crippen LogP contribution < -0.4 is 20.1 Å². The van der Waals surface area contributed by atoms with E-state index in [1.807, 2.05) is 18.7 Å². The van der Waals surface area contributed by atoms with Gasteiger partial charge in [-0.25, -0.2) is 19.1 Å². The third kappa shape index (κ3) is 4.83. The predicted molar refractivity (Wildman–Crippen MR) is 135 cm³/mol. The van der Waals surface area contributed by atoms with Crippen molar-refractivity contribution in [2.45, 2.75) is 37.8 Å². The zero-order valence-electron chi connectivity index (χ0n) is 20.4. The highest BCUT2D eigenvalue weighted by Gasteiger charge is 2.41. The molecule has 0 spiro atoms. The SMILES string of the molecule is COc1cc(F)cc(-c2cnc(N3CCC(C)C3(C)C)c(C(=O)NS(=O)(=O)c3cccc(N)n3)c2)c1. The fourth-order valence-corrected chi connectivity index (χ4v) is 5.21. The number of nitrogens with zero attached hydrogens (tertiary/aromatic N) is 3. The molecule has 4 rings (SSSR count). The van der Waals surface area contributed by atoms with Gasteiger partial charge in [-0.05, 0) is 62.1 Å². The van der Waals surface area contributed by atoms with Crippen LogP contribution in [0.3, 0.4) is 0 Å². The molecule has 9 nitrogen and oxygen atoms in total. The van der Waals surface area contributed by atoms with E-state index in [9.17, 15) is 17.6 Å². The van der Waals surface area contributed by atoms with Gasteiger partial charge >= 0.3 is 0 Å². The van der Waals surface area contributed by atoms with Gasteiger partial charge in [0.2, 0.25) is 0 Å². The molecular weight excluding hydrogens is 485 g/mol. The summed E-state index contributed by atoms with van der Waals surface area (Å²) in [4.78, 5) is 23.8. The molecule has 0 saturated carbocycles. The van der Waals surface area contributed by atoms with E-state index >= 15 is 0 Å². The fourth-order valence-electron chi connectivity index (χ4n) is 4.26. The van der Waals surface area contributed by atoms with Crippen LogP contribution in [0.4, 0.5) is 16.0 Å². The zero-order valence-corrected chi connectivity index (χ0v) is 21.3. The molecule has 2 aromatic heterocycles. The number of sulfonamides is 1. The Bertz CT molecular complexity index is 1430. The number of hydrogen-bond acceptors (Lipinski definition) is 8. The minimum atomic E-state index is -4.32. The molecule has 11 heteroatoms. The van der Waals surface area contributed by atoms with Gasteiger partial charge in [-0.1, -0.05) is 13.0 Å². The molecule has 1 fully saturated rings. The van der Waals surface area contributed by atoms with Crippen LogP contribution in [0.2, 0.25) is 0 Å². The van der Waals surface area contributed by atoms with Gasteiger partial charge in [0, 0.05) is 29.9 Å². The maximum atomic E-state index is 14.2. The van der Waals surface area contributed by atoms with Crippen molar-refractivity contribution in [2.75, 3.05) is 24.3 Å². The van der Waals surface area contributed by atoms with Crippen LogP contribution in [0.25, 0.3) is 11.1 Å². The lowest BCUT2D eigenvalue weighted by Crippen LogP contribution is -2.43. The number of nitrogens with two attached hydrogens (primary N) is 1. The molecule has 1 amide bonds. The van der Waals surface area contributed by atoms with E-state index in [1.165, 1.54) is 49.7 Å². The first kappa shape index (κ1) is 25.4. The maximum Gasteiger partial charge on any atom is 0.281 e. The van der Waals surface area contributed by atoms with E-state index in [0.29, 0.717) is 35.2 Å². The Kier molecular flexibility index (Phi) is 6.61. The number of carbonyl (C=O) groups excluding carboxylic acids is 1. The maximum absolute atomic E-state index is 14.2. The molecule has 0 aliphatic carbocycles. The minimum absolute atomic E-state index is 0.00234. The first-order valence-electron chi connectivity index (χ1n) is 11.3. The van der Waals surface area contributed by atoms with Crippen LogP contribution in [0.5, 0.6) is 5.75 Å². The number of nitrogen functional groups attached to an aromatic ring is 1. The lowest BCUT2D eigenvalue weighted by Gasteiger charge is -2.36. The Labute approximate surface area is 209 Å². The molecular formula is C25H28FN5O4S. The highest BCUT2D eigenvalue weighted by atomic mass is 32.2. The molecule has 1 aromatic carbocycles. The normalized spacial score (nSPS) is 17.1. The molecule has 3 N–H and O–H groups in total. The van der Waals surface area contributed by atoms with Gasteiger partial charge in [-0.3, -0.25) is 4.79 Å². The van der Waals surface area contributed by atoms with Crippen molar-refractivity contribution in [1.29, 1.82) is 0 Å². The lowest BCUT2D eigenvalue weighted by molar-refractivity contribution is 0.0981. The molecule has 3 heterocycles. The van der Waals surface area contributed by atoms with Gasteiger partial charge in [0.1, 0.15) is 23.2 Å². The summed E-state index contributed by atoms with van der Waals surface area (Å²) < 4.78 is 47.3. The average molecular weight is 514 g/mol. The van der Waals surface area contributed by atoms with Crippen molar-refractivity contribution in [3.8, 4) is 16.9 Å². The monoisotopic (exact) mass is 513 g/mol. The number of aromatic nitrogens is 2. The Morgan fingerprint density at radius 3 is 2.61 bits per heavy atom. The third-order valence-corrected chi connectivity index (χ3v) is 7.97. The molecule has 1 unspecified atom stereocenters. The summed E-state index contributed by atoms with van der Waals surface area (Å²) in [5, 5.41) is -0.383. The first-order valence-corrected chi connectivity index (χ1v) is 12.8. The summed E-state index contributed by atoms with van der Waals surface area (Å²) in [5.41, 5.74) is 6.17. The summed E-state index contributed by atoms with van der Waals surface area (Å²) >= 11 is 0. The molecule has 36 heavy (non-hydrogen) atoms. The number of benzene rings is 1. The quantitative estimate of drug-likeness (QED) is 0.512. The van der Waals surface area contributed by atoms with Crippen molar-refractivity contribution >= 4 is 27.6 Å². The van der Waals surface area contributed by atoms with E-state index in [0.717, 1.165) is 6.42 Å². The number of hydrogen-bond donors (Lipinski definition) is 2. The standard InChI is InChI=1S/C25H28FN5O4S/c1-15-8-9-31(25(15,2)3)23-20(24(32)30-36(33,34)22-7-5-6-21(27)29-22)12-17(14-28-23)16-10-18(26)13-19(11-16)35-4/h5-7,10-15H,8-9H2,1-4H3,(H2,27,29)(H,30,32). The minimum Gasteiger partial charge on any atom is -0.497 e. The Morgan fingerprint density at radius 2 is 1.97 bits per heavy atom. The zero-order chi connectivity index (χ0) is 26.3. The van der Waals surface area contributed by atoms with Gasteiger partial charge in [-0.2, -0.15) is 8.42 Å². The molecule has 1 saturated heterocycles. The summed E-state index contributed by atoms with van der Waals surface area (Å²) in [6.45, 7) is 6.85. The number of pyridine rings is 2. The number of carbonyl (C=O) groups is 1. The van der Waals surface area contributed by atoms with E-state index in [2.05, 4.69) is 21.6 Å². The number of anilines is 2. The lowest BCUT2D eigenvalue weighted by atomic mass is 9.90. The molecule has 1 atom stereocenters. The van der Waals surface area contributed by atoms with E-state index < -0.39 is 21.7 Å². The Hall–Kier alpha value is -3.73. The second kappa shape index (κ2) is 9.38. The van der Waals surface area contributed by atoms with Gasteiger partial charge in [-0.15, -0.1) is 0 Å². The smallest absolute Gasteiger partial charge is 0.281 e. The summed E-state index contributed by atoms with van der Waals surface area (Å²) in [6, 6.07) is 9.75. The van der Waals surface area contributed by atoms with Crippen molar-refractivity contribution in [3.05, 3.63) is 60.0 Å². The summed E-state index contributed by atoms with van der Waals surface area (Å²) in [5.74, 6) is -0.466. The number of methoxy groups -OCH3 is 1. The highest BCUT2D eigenvalue weighted by Crippen LogP contribution is 2.39. The second-order valence-electron chi connectivity index (χ2n) is 9.31. The molecule has 1 aliphatic rings. The highest BCUT2D eigenvalue weighted by molar-refractivity contribution is 7.90. The Balaban J connectivity index is 1.81. The van der Waals surface area contributed by atoms with Crippen LogP contribution >= 0.6 is 0 Å². The van der Waals surface area contributed by atoms with E-state index in [4.69, 9.17) is 10.5 Å². The van der Waals surface area contributed by atoms with Crippen LogP contribution in [-0.4, -0.2) is 43.5 Å². The topological polar surface area (TPSA) is 128 Å². The van der Waals surface area contributed by atoms with Crippen LogP contribution in [0.15, 0.2) is 53.7 Å². The average Bonchev–Trinajstić information content (AvgIpc) is 3.09. The largest absolute Gasteiger partial charge is 0.497 e. The molecule has 1 aliphatic heterocycles. The van der Waals surface area contributed by atoms with Crippen LogP contribution in [0.1, 0.15) is 37.6 Å². The molecule has 3 aromatic rings. The van der Waals surface area contributed by atoms with Crippen LogP contribution in [-0.2, 0) is 10.0 Å². The molecule has 190 valence electrons. The number of amides is 1. The predicted octanol–water partition coefficient (Wildman–Crippen LogP) is 3.62. The van der Waals surface area contributed by atoms with E-state index in [1.54, 1.807) is 6.07 Å². The first-order chi connectivity index (χ1) is 16.9. The van der Waals surface area contributed by atoms with Crippen molar-refractivity contribution in [2.24, 2.45) is 5.92 Å². The number of halogens is 1. The summed E-state index contributed by atoms with van der Waals surface area (Å²) in [6.07, 6.45) is 2.41. The summed E-state index contributed by atoms with van der Waals surface area (Å²) in [7, 11) is -2.90. The Morgan fingerprint density at radius 1 is 1.22 bits per heavy atom. The molecule has 0 bridgehead atoms. The van der Waals surface area contributed by atoms with Gasteiger partial charge in [0.05, 0.1) is 12.7 Å². The number of nitrogens with one attached hydrogen (secondary N) is 1. The molecule has 0 radical (unpaired) electrons. The van der Waals surface area contributed by atoms with Crippen molar-refractivity contribution in [3.63, 3.8) is 0 Å². The van der Waals surface area contributed by atoms with E-state index in [-0.39, 0.29) is 21.9 Å². The van der Waals surface area contributed by atoms with Gasteiger partial charge in [0.15, 0.2) is 5.03 Å². The second-order valence-corrected chi connectivity index (χ2v) is 10.9. The van der Waals surface area contributed by atoms with Gasteiger partial charge < -0.3 is 15.4 Å². The van der Waals surface area contributed by atoms with Crippen molar-refractivity contribution in [1.82, 2.24) is 14.7 Å². The van der Waals surface area contributed by atoms with Gasteiger partial charge in [0.25, 0.3) is 15.9 Å². The van der Waals surface area contributed by atoms with Crippen LogP contribution in [0, 0.1) is 11.7 Å². The van der Waals surface area contributed by atoms with Crippen molar-refractivity contribution < 1.29 is 22.3 Å². The number of rotatable bonds is 6. The fraction of sp³-hybridized carbons (Fsp3) is 0.320. The number of ether oxygens (including phenoxy) is 1.